The maximum absolute atomic E-state index is 13.4. The van der Waals surface area contributed by atoms with Gasteiger partial charge in [0.05, 0.1) is 20.2 Å². The number of sulfonamides is 1. The summed E-state index contributed by atoms with van der Waals surface area (Å²) in [5, 5.41) is 8.12. The molecule has 184 valence electrons. The highest BCUT2D eigenvalue weighted by Gasteiger charge is 2.38. The molecule has 0 saturated carbocycles. The number of hydrogen-bond acceptors (Lipinski definition) is 7. The molecular formula is C23H24ClN5O3S3. The zero-order valence-corrected chi connectivity index (χ0v) is 22.6. The van der Waals surface area contributed by atoms with E-state index < -0.39 is 16.1 Å². The van der Waals surface area contributed by atoms with Crippen LogP contribution in [-0.4, -0.2) is 46.0 Å². The molecule has 1 aliphatic heterocycles. The minimum atomic E-state index is -3.84. The average molecular weight is 550 g/mol. The lowest BCUT2D eigenvalue weighted by Gasteiger charge is -2.33. The van der Waals surface area contributed by atoms with Crippen molar-refractivity contribution in [2.24, 2.45) is 0 Å². The molecule has 1 saturated heterocycles. The predicted molar refractivity (Wildman–Crippen MR) is 140 cm³/mol. The van der Waals surface area contributed by atoms with Crippen LogP contribution >= 0.6 is 34.3 Å². The first-order valence-corrected chi connectivity index (χ1v) is 14.6. The molecule has 8 nitrogen and oxygen atoms in total. The maximum atomic E-state index is 13.4. The minimum Gasteiger partial charge on any atom is -0.309 e. The zero-order valence-electron chi connectivity index (χ0n) is 19.4. The second-order valence-corrected chi connectivity index (χ2v) is 13.5. The van der Waals surface area contributed by atoms with Crippen LogP contribution in [0.5, 0.6) is 0 Å². The van der Waals surface area contributed by atoms with Crippen LogP contribution in [-0.2, 0) is 14.8 Å². The Labute approximate surface area is 216 Å². The van der Waals surface area contributed by atoms with Crippen molar-refractivity contribution in [1.82, 2.24) is 19.1 Å². The van der Waals surface area contributed by atoms with Crippen molar-refractivity contribution in [2.75, 3.05) is 11.9 Å². The summed E-state index contributed by atoms with van der Waals surface area (Å²) in [6.07, 6.45) is 1.91. The van der Waals surface area contributed by atoms with E-state index >= 15 is 0 Å². The van der Waals surface area contributed by atoms with Gasteiger partial charge in [0.1, 0.15) is 16.1 Å². The van der Waals surface area contributed by atoms with Crippen LogP contribution in [0.1, 0.15) is 36.1 Å². The smallest absolute Gasteiger partial charge is 0.253 e. The van der Waals surface area contributed by atoms with Crippen molar-refractivity contribution in [1.29, 1.82) is 0 Å². The van der Waals surface area contributed by atoms with E-state index in [0.717, 1.165) is 39.1 Å². The molecule has 1 atom stereocenters. The summed E-state index contributed by atoms with van der Waals surface area (Å²) in [5.74, 6) is 0.0771. The number of thiophene rings is 1. The Morgan fingerprint density at radius 3 is 2.69 bits per heavy atom. The van der Waals surface area contributed by atoms with Gasteiger partial charge in [-0.15, -0.1) is 11.3 Å². The van der Waals surface area contributed by atoms with Crippen LogP contribution < -0.4 is 5.32 Å². The van der Waals surface area contributed by atoms with Gasteiger partial charge in [0.25, 0.3) is 10.0 Å². The topological polar surface area (TPSA) is 97.2 Å². The van der Waals surface area contributed by atoms with Crippen molar-refractivity contribution in [3.05, 3.63) is 51.5 Å². The van der Waals surface area contributed by atoms with Gasteiger partial charge in [0.2, 0.25) is 11.0 Å². The summed E-state index contributed by atoms with van der Waals surface area (Å²) in [5.41, 5.74) is 3.85. The molecule has 1 amide bonds. The molecule has 0 bridgehead atoms. The van der Waals surface area contributed by atoms with Crippen LogP contribution in [0, 0.1) is 20.8 Å². The highest BCUT2D eigenvalue weighted by Crippen LogP contribution is 2.33. The number of carbonyl (C=O) groups excluding carboxylic acids is 1. The second kappa shape index (κ2) is 9.29. The molecule has 3 aromatic heterocycles. The van der Waals surface area contributed by atoms with Crippen molar-refractivity contribution >= 4 is 66.2 Å². The van der Waals surface area contributed by atoms with Crippen molar-refractivity contribution in [3.63, 3.8) is 0 Å². The Hall–Kier alpha value is -2.31. The van der Waals surface area contributed by atoms with Crippen LogP contribution in [0.25, 0.3) is 15.3 Å². The minimum absolute atomic E-state index is 0.142. The fraction of sp³-hybridized carbons (Fsp3) is 0.348. The zero-order chi connectivity index (χ0) is 24.9. The standard InChI is InChI=1S/C23H24ClN5O3S3/c1-13-10-14(2)21-17(11-13)33-23(26-21)29-19(12-15(3)27-29)25-22(30)16-6-4-5-9-28(16)35(31,32)20-8-7-18(24)34-20/h7-8,10-12,16H,4-6,9H2,1-3H3,(H,25,30). The number of amides is 1. The Morgan fingerprint density at radius 2 is 1.94 bits per heavy atom. The SMILES string of the molecule is Cc1cc(C)c2nc(-n3nc(C)cc3NC(=O)C3CCCCN3S(=O)(=O)c3ccc(Cl)s3)sc2c1. The number of aryl methyl sites for hydroxylation is 3. The average Bonchev–Trinajstić information content (AvgIpc) is 3.52. The largest absolute Gasteiger partial charge is 0.309 e. The molecule has 5 rings (SSSR count). The molecule has 35 heavy (non-hydrogen) atoms. The number of anilines is 1. The first kappa shape index (κ1) is 24.4. The molecule has 12 heteroatoms. The third-order valence-electron chi connectivity index (χ3n) is 5.95. The first-order chi connectivity index (χ1) is 16.6. The van der Waals surface area contributed by atoms with Crippen molar-refractivity contribution in [2.45, 2.75) is 50.3 Å². The summed E-state index contributed by atoms with van der Waals surface area (Å²) in [6, 6.07) is 8.16. The number of aromatic nitrogens is 3. The van der Waals surface area contributed by atoms with E-state index in [2.05, 4.69) is 22.5 Å². The molecule has 0 radical (unpaired) electrons. The number of nitrogens with zero attached hydrogens (tertiary/aromatic N) is 4. The molecular weight excluding hydrogens is 526 g/mol. The summed E-state index contributed by atoms with van der Waals surface area (Å²) in [7, 11) is -3.84. The molecule has 1 aromatic carbocycles. The fourth-order valence-electron chi connectivity index (χ4n) is 4.40. The third kappa shape index (κ3) is 4.63. The fourth-order valence-corrected chi connectivity index (χ4v) is 8.78. The quantitative estimate of drug-likeness (QED) is 0.364. The Bertz CT molecular complexity index is 1540. The third-order valence-corrected chi connectivity index (χ3v) is 10.5. The normalized spacial score (nSPS) is 17.2. The van der Waals surface area contributed by atoms with Crippen LogP contribution in [0.4, 0.5) is 5.82 Å². The number of thiazole rings is 1. The van der Waals surface area contributed by atoms with E-state index in [-0.39, 0.29) is 16.7 Å². The number of hydrogen-bond donors (Lipinski definition) is 1. The van der Waals surface area contributed by atoms with E-state index in [4.69, 9.17) is 16.6 Å². The number of piperidine rings is 1. The highest BCUT2D eigenvalue weighted by atomic mass is 35.5. The lowest BCUT2D eigenvalue weighted by molar-refractivity contribution is -0.120. The predicted octanol–water partition coefficient (Wildman–Crippen LogP) is 5.30. The van der Waals surface area contributed by atoms with Gasteiger partial charge in [0.15, 0.2) is 0 Å². The summed E-state index contributed by atoms with van der Waals surface area (Å²) in [4.78, 5) is 18.2. The molecule has 1 fully saturated rings. The summed E-state index contributed by atoms with van der Waals surface area (Å²) >= 11 is 8.47. The lowest BCUT2D eigenvalue weighted by atomic mass is 10.0. The van der Waals surface area contributed by atoms with Gasteiger partial charge < -0.3 is 5.32 Å². The van der Waals surface area contributed by atoms with Gasteiger partial charge in [-0.2, -0.15) is 14.1 Å². The van der Waals surface area contributed by atoms with Gasteiger partial charge in [-0.1, -0.05) is 35.4 Å². The van der Waals surface area contributed by atoms with Gasteiger partial charge in [0, 0.05) is 12.6 Å². The summed E-state index contributed by atoms with van der Waals surface area (Å²) < 4.78 is 31.1. The molecule has 1 N–H and O–H groups in total. The monoisotopic (exact) mass is 549 g/mol. The van der Waals surface area contributed by atoms with E-state index in [9.17, 15) is 13.2 Å². The number of halogens is 1. The maximum Gasteiger partial charge on any atom is 0.253 e. The molecule has 0 spiro atoms. The number of fused-ring (bicyclic) bond motifs is 1. The lowest BCUT2D eigenvalue weighted by Crippen LogP contribution is -2.49. The first-order valence-electron chi connectivity index (χ1n) is 11.2. The molecule has 4 aromatic rings. The van der Waals surface area contributed by atoms with Crippen LogP contribution in [0.15, 0.2) is 34.5 Å². The van der Waals surface area contributed by atoms with Gasteiger partial charge in [-0.05, 0) is 62.9 Å². The van der Waals surface area contributed by atoms with Crippen molar-refractivity contribution < 1.29 is 13.2 Å². The molecule has 0 aliphatic carbocycles. The van der Waals surface area contributed by atoms with Crippen molar-refractivity contribution in [3.8, 4) is 5.13 Å². The second-order valence-electron chi connectivity index (χ2n) is 8.68. The summed E-state index contributed by atoms with van der Waals surface area (Å²) in [6.45, 7) is 6.19. The Balaban J connectivity index is 1.46. The molecule has 1 unspecified atom stereocenters. The Morgan fingerprint density at radius 1 is 1.14 bits per heavy atom. The van der Waals surface area contributed by atoms with Crippen LogP contribution in [0.2, 0.25) is 4.34 Å². The highest BCUT2D eigenvalue weighted by molar-refractivity contribution is 7.91. The number of benzene rings is 1. The van der Waals surface area contributed by atoms with Crippen LogP contribution in [0.3, 0.4) is 0 Å². The molecule has 4 heterocycles. The Kier molecular flexibility index (Phi) is 6.47. The van der Waals surface area contributed by atoms with Gasteiger partial charge in [-0.25, -0.2) is 13.4 Å². The van der Waals surface area contributed by atoms with Gasteiger partial charge in [-0.3, -0.25) is 4.79 Å². The van der Waals surface area contributed by atoms with E-state index in [1.54, 1.807) is 16.8 Å². The van der Waals surface area contributed by atoms with E-state index in [0.29, 0.717) is 33.8 Å². The van der Waals surface area contributed by atoms with E-state index in [1.807, 2.05) is 20.8 Å². The number of rotatable bonds is 5. The van der Waals surface area contributed by atoms with E-state index in [1.165, 1.54) is 21.7 Å². The number of carbonyl (C=O) groups is 1. The molecule has 1 aliphatic rings. The van der Waals surface area contributed by atoms with Gasteiger partial charge >= 0.3 is 0 Å². The number of nitrogens with one attached hydrogen (secondary N) is 1.